The maximum Gasteiger partial charge on any atom is 0.309 e. The van der Waals surface area contributed by atoms with Crippen LogP contribution in [-0.2, 0) is 28.6 Å². The summed E-state index contributed by atoms with van der Waals surface area (Å²) < 4.78 is 16.5. The lowest BCUT2D eigenvalue weighted by Gasteiger charge is -2.32. The van der Waals surface area contributed by atoms with Gasteiger partial charge in [0.2, 0.25) is 0 Å². The van der Waals surface area contributed by atoms with Gasteiger partial charge in [-0.25, -0.2) is 0 Å². The summed E-state index contributed by atoms with van der Waals surface area (Å²) in [6.45, 7) is 11.8. The number of ether oxygens (including phenoxy) is 3. The molecule has 0 aromatic rings. The van der Waals surface area contributed by atoms with Gasteiger partial charge in [0.15, 0.2) is 0 Å². The third kappa shape index (κ3) is 12.4. The standard InChI is InChI=1S/C27H48O6/c1-6-7-8-9-16-31-25(28)22-14-15-23(26(29)32-17-10-12-20(2)3)24(19-22)27(30)33-18-11-13-21(4)5/h20-24H,6-19H2,1-5H3. The van der Waals surface area contributed by atoms with Crippen LogP contribution < -0.4 is 0 Å². The predicted octanol–water partition coefficient (Wildman–Crippen LogP) is 6.10. The third-order valence-electron chi connectivity index (χ3n) is 6.37. The number of hydrogen-bond donors (Lipinski definition) is 0. The van der Waals surface area contributed by atoms with E-state index in [-0.39, 0.29) is 23.8 Å². The number of carbonyl (C=O) groups excluding carboxylic acids is 3. The molecule has 1 aliphatic rings. The van der Waals surface area contributed by atoms with Gasteiger partial charge in [-0.2, -0.15) is 0 Å². The number of unbranched alkanes of at least 4 members (excludes halogenated alkanes) is 3. The van der Waals surface area contributed by atoms with E-state index < -0.39 is 11.8 Å². The van der Waals surface area contributed by atoms with Gasteiger partial charge in [0, 0.05) is 0 Å². The van der Waals surface area contributed by atoms with Crippen molar-refractivity contribution in [2.45, 2.75) is 105 Å². The van der Waals surface area contributed by atoms with Crippen LogP contribution in [0.2, 0.25) is 0 Å². The fourth-order valence-corrected chi connectivity index (χ4v) is 4.29. The van der Waals surface area contributed by atoms with E-state index in [1.54, 1.807) is 0 Å². The molecule has 3 atom stereocenters. The van der Waals surface area contributed by atoms with Gasteiger partial charge in [-0.3, -0.25) is 14.4 Å². The Kier molecular flexibility index (Phi) is 15.1. The van der Waals surface area contributed by atoms with Gasteiger partial charge >= 0.3 is 17.9 Å². The highest BCUT2D eigenvalue weighted by Gasteiger charge is 2.43. The molecule has 3 unspecified atom stereocenters. The minimum absolute atomic E-state index is 0.257. The van der Waals surface area contributed by atoms with Crippen LogP contribution >= 0.6 is 0 Å². The summed E-state index contributed by atoms with van der Waals surface area (Å²) >= 11 is 0. The van der Waals surface area contributed by atoms with E-state index in [9.17, 15) is 14.4 Å². The first-order valence-electron chi connectivity index (χ1n) is 13.3. The maximum absolute atomic E-state index is 12.9. The van der Waals surface area contributed by atoms with Crippen molar-refractivity contribution in [3.8, 4) is 0 Å². The normalized spacial score (nSPS) is 20.6. The molecule has 0 radical (unpaired) electrons. The summed E-state index contributed by atoms with van der Waals surface area (Å²) in [5, 5.41) is 0. The van der Waals surface area contributed by atoms with Crippen LogP contribution in [0.15, 0.2) is 0 Å². The zero-order valence-electron chi connectivity index (χ0n) is 21.7. The van der Waals surface area contributed by atoms with E-state index in [0.29, 0.717) is 50.9 Å². The summed E-state index contributed by atoms with van der Waals surface area (Å²) in [4.78, 5) is 38.3. The minimum Gasteiger partial charge on any atom is -0.465 e. The molecule has 1 saturated carbocycles. The topological polar surface area (TPSA) is 78.9 Å². The first kappa shape index (κ1) is 29.4. The Labute approximate surface area is 201 Å². The Hall–Kier alpha value is -1.59. The Morgan fingerprint density at radius 2 is 1.18 bits per heavy atom. The lowest BCUT2D eigenvalue weighted by Crippen LogP contribution is -2.40. The Morgan fingerprint density at radius 3 is 1.73 bits per heavy atom. The van der Waals surface area contributed by atoms with E-state index in [0.717, 1.165) is 51.4 Å². The van der Waals surface area contributed by atoms with E-state index in [1.807, 2.05) is 0 Å². The lowest BCUT2D eigenvalue weighted by atomic mass is 9.74. The lowest BCUT2D eigenvalue weighted by molar-refractivity contribution is -0.167. The SMILES string of the molecule is CCCCCCOC(=O)C1CCC(C(=O)OCCCC(C)C)C(C(=O)OCCCC(C)C)C1. The van der Waals surface area contributed by atoms with Crippen molar-refractivity contribution in [2.24, 2.45) is 29.6 Å². The highest BCUT2D eigenvalue weighted by atomic mass is 16.5. The second-order valence-corrected chi connectivity index (χ2v) is 10.4. The molecule has 0 bridgehead atoms. The number of carbonyl (C=O) groups is 3. The number of hydrogen-bond acceptors (Lipinski definition) is 6. The largest absolute Gasteiger partial charge is 0.465 e. The molecule has 0 aromatic carbocycles. The molecule has 33 heavy (non-hydrogen) atoms. The molecule has 0 N–H and O–H groups in total. The summed E-state index contributed by atoms with van der Waals surface area (Å²) in [6, 6.07) is 0. The van der Waals surface area contributed by atoms with Gasteiger partial charge < -0.3 is 14.2 Å². The predicted molar refractivity (Wildman–Crippen MR) is 129 cm³/mol. The maximum atomic E-state index is 12.9. The van der Waals surface area contributed by atoms with Gasteiger partial charge in [-0.05, 0) is 63.2 Å². The van der Waals surface area contributed by atoms with Crippen molar-refractivity contribution >= 4 is 17.9 Å². The molecule has 6 nitrogen and oxygen atoms in total. The Balaban J connectivity index is 2.66. The molecule has 1 fully saturated rings. The van der Waals surface area contributed by atoms with Gasteiger partial charge in [-0.15, -0.1) is 0 Å². The van der Waals surface area contributed by atoms with Crippen LogP contribution in [-0.4, -0.2) is 37.7 Å². The molecule has 0 aromatic heterocycles. The zero-order chi connectivity index (χ0) is 24.6. The fourth-order valence-electron chi connectivity index (χ4n) is 4.29. The van der Waals surface area contributed by atoms with Crippen molar-refractivity contribution < 1.29 is 28.6 Å². The highest BCUT2D eigenvalue weighted by Crippen LogP contribution is 2.36. The Bertz CT molecular complexity index is 571. The second kappa shape index (κ2) is 16.9. The van der Waals surface area contributed by atoms with Crippen molar-refractivity contribution in [1.29, 1.82) is 0 Å². The molecule has 0 aliphatic heterocycles. The first-order chi connectivity index (χ1) is 15.8. The molecular formula is C27H48O6. The number of esters is 3. The monoisotopic (exact) mass is 468 g/mol. The van der Waals surface area contributed by atoms with Crippen molar-refractivity contribution in [3.63, 3.8) is 0 Å². The van der Waals surface area contributed by atoms with Crippen molar-refractivity contribution in [2.75, 3.05) is 19.8 Å². The molecule has 0 saturated heterocycles. The molecule has 1 rings (SSSR count). The van der Waals surface area contributed by atoms with Gasteiger partial charge in [0.25, 0.3) is 0 Å². The number of rotatable bonds is 16. The average Bonchev–Trinajstić information content (AvgIpc) is 2.78. The van der Waals surface area contributed by atoms with E-state index in [4.69, 9.17) is 14.2 Å². The average molecular weight is 469 g/mol. The summed E-state index contributed by atoms with van der Waals surface area (Å²) in [5.41, 5.74) is 0. The first-order valence-corrected chi connectivity index (χ1v) is 13.3. The fraction of sp³-hybridized carbons (Fsp3) is 0.889. The minimum atomic E-state index is -0.645. The van der Waals surface area contributed by atoms with Crippen LogP contribution in [0.3, 0.4) is 0 Å². The van der Waals surface area contributed by atoms with Crippen LogP contribution in [0.1, 0.15) is 105 Å². The van der Waals surface area contributed by atoms with E-state index in [2.05, 4.69) is 34.6 Å². The van der Waals surface area contributed by atoms with Crippen molar-refractivity contribution in [3.05, 3.63) is 0 Å². The van der Waals surface area contributed by atoms with Crippen LogP contribution in [0.5, 0.6) is 0 Å². The second-order valence-electron chi connectivity index (χ2n) is 10.4. The summed E-state index contributed by atoms with van der Waals surface area (Å²) in [5.74, 6) is -1.44. The van der Waals surface area contributed by atoms with Crippen LogP contribution in [0, 0.1) is 29.6 Å². The van der Waals surface area contributed by atoms with Gasteiger partial charge in [0.05, 0.1) is 37.6 Å². The molecule has 6 heteroatoms. The molecule has 0 heterocycles. The van der Waals surface area contributed by atoms with Gasteiger partial charge in [0.1, 0.15) is 0 Å². The van der Waals surface area contributed by atoms with Crippen LogP contribution in [0.4, 0.5) is 0 Å². The summed E-state index contributed by atoms with van der Waals surface area (Å²) in [7, 11) is 0. The molecule has 0 spiro atoms. The molecule has 1 aliphatic carbocycles. The van der Waals surface area contributed by atoms with Crippen LogP contribution in [0.25, 0.3) is 0 Å². The molecule has 0 amide bonds. The third-order valence-corrected chi connectivity index (χ3v) is 6.37. The quantitative estimate of drug-likeness (QED) is 0.155. The summed E-state index contributed by atoms with van der Waals surface area (Å²) in [6.07, 6.45) is 9.03. The van der Waals surface area contributed by atoms with E-state index in [1.165, 1.54) is 0 Å². The smallest absolute Gasteiger partial charge is 0.309 e. The highest BCUT2D eigenvalue weighted by molar-refractivity contribution is 5.83. The van der Waals surface area contributed by atoms with Gasteiger partial charge in [-0.1, -0.05) is 53.9 Å². The Morgan fingerprint density at radius 1 is 0.667 bits per heavy atom. The van der Waals surface area contributed by atoms with Crippen molar-refractivity contribution in [1.82, 2.24) is 0 Å². The molecular weight excluding hydrogens is 420 g/mol. The van der Waals surface area contributed by atoms with E-state index >= 15 is 0 Å². The zero-order valence-corrected chi connectivity index (χ0v) is 21.7. The molecule has 192 valence electrons.